The maximum atomic E-state index is 12.6. The molecule has 2 atom stereocenters. The number of carbonyl (C=O) groups excluding carboxylic acids is 1. The van der Waals surface area contributed by atoms with Gasteiger partial charge < -0.3 is 9.88 Å². The van der Waals surface area contributed by atoms with Gasteiger partial charge in [-0.3, -0.25) is 14.5 Å². The van der Waals surface area contributed by atoms with Crippen molar-refractivity contribution >= 4 is 5.91 Å². The lowest BCUT2D eigenvalue weighted by molar-refractivity contribution is 0.0394. The fourth-order valence-electron chi connectivity index (χ4n) is 3.37. The molecule has 2 aliphatic heterocycles. The van der Waals surface area contributed by atoms with Crippen LogP contribution in [0.4, 0.5) is 0 Å². The quantitative estimate of drug-likeness (QED) is 0.831. The molecule has 3 heterocycles. The second-order valence-corrected chi connectivity index (χ2v) is 5.99. The first kappa shape index (κ1) is 13.4. The molecular formula is C15H21N3O2. The number of amides is 1. The van der Waals surface area contributed by atoms with Gasteiger partial charge in [0, 0.05) is 43.1 Å². The van der Waals surface area contributed by atoms with E-state index in [1.54, 1.807) is 6.20 Å². The number of hydrogen-bond donors (Lipinski definition) is 1. The summed E-state index contributed by atoms with van der Waals surface area (Å²) < 4.78 is 0. The zero-order valence-electron chi connectivity index (χ0n) is 12.1. The van der Waals surface area contributed by atoms with E-state index < -0.39 is 0 Å². The lowest BCUT2D eigenvalue weighted by atomic mass is 10.1. The van der Waals surface area contributed by atoms with Crippen molar-refractivity contribution in [2.45, 2.75) is 38.8 Å². The van der Waals surface area contributed by atoms with Crippen molar-refractivity contribution in [3.05, 3.63) is 33.7 Å². The molecule has 3 rings (SSSR count). The summed E-state index contributed by atoms with van der Waals surface area (Å²) in [5, 5.41) is 0. The Hall–Kier alpha value is -1.62. The molecule has 0 radical (unpaired) electrons. The molecule has 2 fully saturated rings. The molecular weight excluding hydrogens is 254 g/mol. The Kier molecular flexibility index (Phi) is 3.38. The molecule has 5 heteroatoms. The van der Waals surface area contributed by atoms with E-state index in [0.717, 1.165) is 31.7 Å². The van der Waals surface area contributed by atoms with Gasteiger partial charge in [-0.1, -0.05) is 0 Å². The van der Waals surface area contributed by atoms with Crippen LogP contribution in [0, 0.1) is 6.92 Å². The normalized spacial score (nSPS) is 26.6. The van der Waals surface area contributed by atoms with E-state index >= 15 is 0 Å². The average Bonchev–Trinajstić information content (AvgIpc) is 2.84. The number of hydrogen-bond acceptors (Lipinski definition) is 3. The molecule has 1 aromatic heterocycles. The maximum absolute atomic E-state index is 12.6. The van der Waals surface area contributed by atoms with Crippen molar-refractivity contribution in [2.75, 3.05) is 19.6 Å². The second-order valence-electron chi connectivity index (χ2n) is 5.99. The number of nitrogens with zero attached hydrogens (tertiary/aromatic N) is 2. The van der Waals surface area contributed by atoms with Crippen LogP contribution < -0.4 is 5.43 Å². The molecule has 5 nitrogen and oxygen atoms in total. The van der Waals surface area contributed by atoms with Gasteiger partial charge in [0.05, 0.1) is 0 Å². The highest BCUT2D eigenvalue weighted by atomic mass is 16.2. The van der Waals surface area contributed by atoms with E-state index in [1.807, 2.05) is 11.8 Å². The Bertz CT molecular complexity index is 581. The summed E-state index contributed by atoms with van der Waals surface area (Å²) in [6.07, 6.45) is 3.92. The van der Waals surface area contributed by atoms with Gasteiger partial charge in [-0.05, 0) is 33.2 Å². The lowest BCUT2D eigenvalue weighted by Crippen LogP contribution is -2.57. The molecule has 0 saturated carbocycles. The monoisotopic (exact) mass is 275 g/mol. The van der Waals surface area contributed by atoms with Crippen LogP contribution in [-0.4, -0.2) is 52.4 Å². The first-order chi connectivity index (χ1) is 9.56. The van der Waals surface area contributed by atoms with Gasteiger partial charge in [-0.15, -0.1) is 0 Å². The highest BCUT2D eigenvalue weighted by molar-refractivity contribution is 5.94. The number of piperazine rings is 1. The standard InChI is InChI=1S/C15H21N3O2/c1-10-6-14(19)13(7-16-10)15(20)18-9-12-4-3-5-17(12)8-11(18)2/h6-7,11-12H,3-5,8-9H2,1-2H3,(H,16,19). The van der Waals surface area contributed by atoms with E-state index in [0.29, 0.717) is 6.04 Å². The fourth-order valence-corrected chi connectivity index (χ4v) is 3.37. The number of fused-ring (bicyclic) bond motifs is 1. The van der Waals surface area contributed by atoms with Crippen LogP contribution in [0.2, 0.25) is 0 Å². The summed E-state index contributed by atoms with van der Waals surface area (Å²) in [5.74, 6) is -0.134. The smallest absolute Gasteiger partial charge is 0.259 e. The summed E-state index contributed by atoms with van der Waals surface area (Å²) in [4.78, 5) is 31.9. The van der Waals surface area contributed by atoms with Gasteiger partial charge >= 0.3 is 0 Å². The minimum Gasteiger partial charge on any atom is -0.364 e. The van der Waals surface area contributed by atoms with Gasteiger partial charge in [-0.2, -0.15) is 0 Å². The predicted octanol–water partition coefficient (Wildman–Crippen LogP) is 0.992. The molecule has 2 saturated heterocycles. The third-order valence-corrected chi connectivity index (χ3v) is 4.49. The van der Waals surface area contributed by atoms with Crippen molar-refractivity contribution in [1.29, 1.82) is 0 Å². The highest BCUT2D eigenvalue weighted by Gasteiger charge is 2.37. The van der Waals surface area contributed by atoms with Crippen LogP contribution in [0.3, 0.4) is 0 Å². The van der Waals surface area contributed by atoms with Crippen LogP contribution >= 0.6 is 0 Å². The van der Waals surface area contributed by atoms with Crippen molar-refractivity contribution in [2.24, 2.45) is 0 Å². The summed E-state index contributed by atoms with van der Waals surface area (Å²) in [6, 6.07) is 2.13. The number of pyridine rings is 1. The minimum atomic E-state index is -0.188. The molecule has 20 heavy (non-hydrogen) atoms. The number of H-pyrrole nitrogens is 1. The highest BCUT2D eigenvalue weighted by Crippen LogP contribution is 2.25. The molecule has 108 valence electrons. The molecule has 2 aliphatic rings. The Labute approximate surface area is 118 Å². The Morgan fingerprint density at radius 3 is 2.95 bits per heavy atom. The van der Waals surface area contributed by atoms with Crippen LogP contribution in [0.1, 0.15) is 35.8 Å². The Morgan fingerprint density at radius 2 is 2.20 bits per heavy atom. The topological polar surface area (TPSA) is 56.4 Å². The summed E-state index contributed by atoms with van der Waals surface area (Å²) in [5.41, 5.74) is 0.849. The minimum absolute atomic E-state index is 0.134. The SMILES string of the molecule is Cc1cc(=O)c(C(=O)N2CC3CCCN3CC2C)c[nH]1. The molecule has 0 aromatic carbocycles. The van der Waals surface area contributed by atoms with E-state index in [-0.39, 0.29) is 22.9 Å². The van der Waals surface area contributed by atoms with Gasteiger partial charge in [0.25, 0.3) is 5.91 Å². The zero-order chi connectivity index (χ0) is 14.3. The van der Waals surface area contributed by atoms with E-state index in [9.17, 15) is 9.59 Å². The van der Waals surface area contributed by atoms with Crippen LogP contribution in [0.15, 0.2) is 17.1 Å². The Balaban J connectivity index is 1.84. The van der Waals surface area contributed by atoms with Gasteiger partial charge in [0.2, 0.25) is 0 Å². The van der Waals surface area contributed by atoms with Gasteiger partial charge in [-0.25, -0.2) is 0 Å². The average molecular weight is 275 g/mol. The summed E-state index contributed by atoms with van der Waals surface area (Å²) in [7, 11) is 0. The van der Waals surface area contributed by atoms with E-state index in [4.69, 9.17) is 0 Å². The van der Waals surface area contributed by atoms with Crippen molar-refractivity contribution in [3.8, 4) is 0 Å². The molecule has 1 aromatic rings. The van der Waals surface area contributed by atoms with Crippen molar-refractivity contribution in [3.63, 3.8) is 0 Å². The van der Waals surface area contributed by atoms with Gasteiger partial charge in [0.15, 0.2) is 5.43 Å². The second kappa shape index (κ2) is 5.05. The zero-order valence-corrected chi connectivity index (χ0v) is 12.1. The van der Waals surface area contributed by atoms with Crippen LogP contribution in [-0.2, 0) is 0 Å². The predicted molar refractivity (Wildman–Crippen MR) is 76.9 cm³/mol. The molecule has 0 aliphatic carbocycles. The number of rotatable bonds is 1. The summed E-state index contributed by atoms with van der Waals surface area (Å²) >= 11 is 0. The molecule has 2 unspecified atom stereocenters. The molecule has 0 bridgehead atoms. The number of carbonyl (C=O) groups is 1. The summed E-state index contributed by atoms with van der Waals surface area (Å²) in [6.45, 7) is 6.68. The third kappa shape index (κ3) is 2.26. The number of nitrogens with one attached hydrogen (secondary N) is 1. The molecule has 1 N–H and O–H groups in total. The number of aromatic nitrogens is 1. The number of aromatic amines is 1. The Morgan fingerprint density at radius 1 is 1.40 bits per heavy atom. The lowest BCUT2D eigenvalue weighted by Gasteiger charge is -2.42. The fraction of sp³-hybridized carbons (Fsp3) is 0.600. The molecule has 0 spiro atoms. The number of aryl methyl sites for hydroxylation is 1. The third-order valence-electron chi connectivity index (χ3n) is 4.49. The molecule has 1 amide bonds. The largest absolute Gasteiger partial charge is 0.364 e. The van der Waals surface area contributed by atoms with E-state index in [1.165, 1.54) is 12.5 Å². The first-order valence-corrected chi connectivity index (χ1v) is 7.30. The first-order valence-electron chi connectivity index (χ1n) is 7.30. The van der Waals surface area contributed by atoms with Crippen molar-refractivity contribution < 1.29 is 4.79 Å². The van der Waals surface area contributed by atoms with E-state index in [2.05, 4.69) is 16.8 Å². The van der Waals surface area contributed by atoms with Gasteiger partial charge in [0.1, 0.15) is 5.56 Å². The van der Waals surface area contributed by atoms with Crippen LogP contribution in [0.25, 0.3) is 0 Å². The van der Waals surface area contributed by atoms with Crippen molar-refractivity contribution in [1.82, 2.24) is 14.8 Å². The van der Waals surface area contributed by atoms with Crippen LogP contribution in [0.5, 0.6) is 0 Å². The maximum Gasteiger partial charge on any atom is 0.259 e.